The first-order chi connectivity index (χ1) is 6.77. The summed E-state index contributed by atoms with van der Waals surface area (Å²) >= 11 is 3.34. The molecule has 14 heavy (non-hydrogen) atoms. The van der Waals surface area contributed by atoms with Crippen molar-refractivity contribution in [3.05, 3.63) is 29.3 Å². The molecular formula is C11H12BrNO. The number of alkyl halides is 1. The monoisotopic (exact) mass is 253 g/mol. The summed E-state index contributed by atoms with van der Waals surface area (Å²) in [6, 6.07) is 7.58. The maximum absolute atomic E-state index is 8.71. The lowest BCUT2D eigenvalue weighted by Crippen LogP contribution is -1.99. The molecule has 0 saturated heterocycles. The number of hydrogen-bond donors (Lipinski definition) is 0. The lowest BCUT2D eigenvalue weighted by atomic mass is 10.1. The summed E-state index contributed by atoms with van der Waals surface area (Å²) in [6.07, 6.45) is 0.968. The maximum Gasteiger partial charge on any atom is 0.123 e. The minimum absolute atomic E-state index is 0.643. The van der Waals surface area contributed by atoms with Crippen LogP contribution in [-0.4, -0.2) is 11.9 Å². The molecule has 0 aliphatic rings. The maximum atomic E-state index is 8.71. The van der Waals surface area contributed by atoms with Crippen LogP contribution in [0.3, 0.4) is 0 Å². The molecule has 0 bridgehead atoms. The van der Waals surface area contributed by atoms with Crippen LogP contribution in [0.15, 0.2) is 18.2 Å². The van der Waals surface area contributed by atoms with Crippen LogP contribution in [0.25, 0.3) is 0 Å². The third-order valence-corrected chi connectivity index (χ3v) is 2.41. The fourth-order valence-corrected chi connectivity index (χ4v) is 1.29. The summed E-state index contributed by atoms with van der Waals surface area (Å²) in [5.74, 6) is 0.810. The molecule has 0 spiro atoms. The number of benzene rings is 1. The number of nitriles is 1. The molecule has 0 amide bonds. The molecule has 0 aliphatic heterocycles. The third kappa shape index (κ3) is 3.04. The van der Waals surface area contributed by atoms with Crippen molar-refractivity contribution in [3.8, 4) is 11.8 Å². The Bertz CT molecular complexity index is 344. The zero-order valence-electron chi connectivity index (χ0n) is 8.09. The van der Waals surface area contributed by atoms with E-state index in [9.17, 15) is 0 Å². The Hall–Kier alpha value is -1.01. The average molecular weight is 254 g/mol. The Morgan fingerprint density at radius 2 is 2.29 bits per heavy atom. The lowest BCUT2D eigenvalue weighted by molar-refractivity contribution is 0.317. The molecule has 74 valence electrons. The first-order valence-corrected chi connectivity index (χ1v) is 5.59. The van der Waals surface area contributed by atoms with Gasteiger partial charge in [0.2, 0.25) is 0 Å². The van der Waals surface area contributed by atoms with Crippen LogP contribution in [0, 0.1) is 18.3 Å². The van der Waals surface area contributed by atoms with Crippen LogP contribution in [0.2, 0.25) is 0 Å². The van der Waals surface area contributed by atoms with Gasteiger partial charge in [0.25, 0.3) is 0 Å². The summed E-state index contributed by atoms with van der Waals surface area (Å²) in [5, 5.41) is 9.65. The van der Waals surface area contributed by atoms with Gasteiger partial charge in [-0.3, -0.25) is 0 Å². The number of nitrogens with zero attached hydrogens (tertiary/aromatic N) is 1. The van der Waals surface area contributed by atoms with Crippen molar-refractivity contribution in [2.24, 2.45) is 0 Å². The molecule has 2 nitrogen and oxygen atoms in total. The molecule has 1 aromatic carbocycles. The molecule has 1 aromatic rings. The molecule has 0 radical (unpaired) electrons. The first kappa shape index (κ1) is 11.1. The standard InChI is InChI=1S/C11H12BrNO/c1-9-3-4-10(8-13)7-11(9)14-6-2-5-12/h3-4,7H,2,5-6H2,1H3. The van der Waals surface area contributed by atoms with Crippen LogP contribution in [0.4, 0.5) is 0 Å². The van der Waals surface area contributed by atoms with E-state index in [2.05, 4.69) is 22.0 Å². The van der Waals surface area contributed by atoms with Gasteiger partial charge in [-0.2, -0.15) is 5.26 Å². The van der Waals surface area contributed by atoms with E-state index in [1.807, 2.05) is 13.0 Å². The molecule has 0 fully saturated rings. The van der Waals surface area contributed by atoms with Gasteiger partial charge < -0.3 is 4.74 Å². The van der Waals surface area contributed by atoms with Crippen molar-refractivity contribution in [1.29, 1.82) is 5.26 Å². The second kappa shape index (κ2) is 5.66. The highest BCUT2D eigenvalue weighted by Gasteiger charge is 2.00. The van der Waals surface area contributed by atoms with E-state index >= 15 is 0 Å². The highest BCUT2D eigenvalue weighted by Crippen LogP contribution is 2.19. The minimum Gasteiger partial charge on any atom is -0.493 e. The SMILES string of the molecule is Cc1ccc(C#N)cc1OCCCBr. The number of rotatable bonds is 4. The lowest BCUT2D eigenvalue weighted by Gasteiger charge is -2.08. The minimum atomic E-state index is 0.643. The van der Waals surface area contributed by atoms with Gasteiger partial charge in [-0.25, -0.2) is 0 Å². The van der Waals surface area contributed by atoms with Crippen LogP contribution < -0.4 is 4.74 Å². The van der Waals surface area contributed by atoms with Gasteiger partial charge in [0.05, 0.1) is 18.2 Å². The van der Waals surface area contributed by atoms with E-state index in [0.717, 1.165) is 23.1 Å². The number of hydrogen-bond acceptors (Lipinski definition) is 2. The zero-order valence-corrected chi connectivity index (χ0v) is 9.67. The third-order valence-electron chi connectivity index (χ3n) is 1.85. The Morgan fingerprint density at radius 3 is 2.93 bits per heavy atom. The molecule has 0 aromatic heterocycles. The van der Waals surface area contributed by atoms with Crippen LogP contribution >= 0.6 is 15.9 Å². The number of ether oxygens (including phenoxy) is 1. The summed E-state index contributed by atoms with van der Waals surface area (Å²) in [7, 11) is 0. The molecule has 0 atom stereocenters. The largest absolute Gasteiger partial charge is 0.493 e. The smallest absolute Gasteiger partial charge is 0.123 e. The van der Waals surface area contributed by atoms with Gasteiger partial charge in [-0.1, -0.05) is 22.0 Å². The topological polar surface area (TPSA) is 33.0 Å². The summed E-state index contributed by atoms with van der Waals surface area (Å²) < 4.78 is 5.54. The van der Waals surface area contributed by atoms with Gasteiger partial charge in [-0.15, -0.1) is 0 Å². The molecule has 0 aliphatic carbocycles. The molecule has 3 heteroatoms. The quantitative estimate of drug-likeness (QED) is 0.611. The average Bonchev–Trinajstić information content (AvgIpc) is 2.21. The van der Waals surface area contributed by atoms with Crippen LogP contribution in [-0.2, 0) is 0 Å². The highest BCUT2D eigenvalue weighted by molar-refractivity contribution is 9.09. The molecule has 1 rings (SSSR count). The van der Waals surface area contributed by atoms with Crippen LogP contribution in [0.5, 0.6) is 5.75 Å². The zero-order chi connectivity index (χ0) is 10.4. The fourth-order valence-electron chi connectivity index (χ4n) is 1.06. The Kier molecular flexibility index (Phi) is 4.48. The van der Waals surface area contributed by atoms with Crippen molar-refractivity contribution < 1.29 is 4.74 Å². The van der Waals surface area contributed by atoms with Gasteiger partial charge in [0, 0.05) is 5.33 Å². The first-order valence-electron chi connectivity index (χ1n) is 4.47. The second-order valence-corrected chi connectivity index (χ2v) is 3.78. The van der Waals surface area contributed by atoms with Gasteiger partial charge in [0.1, 0.15) is 5.75 Å². The van der Waals surface area contributed by atoms with Crippen molar-refractivity contribution in [2.45, 2.75) is 13.3 Å². The van der Waals surface area contributed by atoms with E-state index in [1.165, 1.54) is 0 Å². The van der Waals surface area contributed by atoms with E-state index in [1.54, 1.807) is 12.1 Å². The highest BCUT2D eigenvalue weighted by atomic mass is 79.9. The second-order valence-electron chi connectivity index (χ2n) is 2.98. The predicted molar refractivity (Wildman–Crippen MR) is 59.8 cm³/mol. The van der Waals surface area contributed by atoms with Crippen molar-refractivity contribution >= 4 is 15.9 Å². The summed E-state index contributed by atoms with van der Waals surface area (Å²) in [5.41, 5.74) is 1.71. The Labute approximate surface area is 92.6 Å². The normalized spacial score (nSPS) is 9.50. The molecule has 0 unspecified atom stereocenters. The van der Waals surface area contributed by atoms with E-state index in [4.69, 9.17) is 10.00 Å². The van der Waals surface area contributed by atoms with Crippen molar-refractivity contribution in [3.63, 3.8) is 0 Å². The van der Waals surface area contributed by atoms with Gasteiger partial charge in [0.15, 0.2) is 0 Å². The molecule has 0 N–H and O–H groups in total. The summed E-state index contributed by atoms with van der Waals surface area (Å²) in [6.45, 7) is 2.66. The number of aryl methyl sites for hydroxylation is 1. The van der Waals surface area contributed by atoms with Crippen LogP contribution in [0.1, 0.15) is 17.5 Å². The number of halogens is 1. The molecule has 0 heterocycles. The molecular weight excluding hydrogens is 242 g/mol. The van der Waals surface area contributed by atoms with E-state index < -0.39 is 0 Å². The van der Waals surface area contributed by atoms with Gasteiger partial charge in [-0.05, 0) is 31.0 Å². The summed E-state index contributed by atoms with van der Waals surface area (Å²) in [4.78, 5) is 0. The van der Waals surface area contributed by atoms with E-state index in [0.29, 0.717) is 12.2 Å². The molecule has 0 saturated carbocycles. The van der Waals surface area contributed by atoms with Crippen molar-refractivity contribution in [1.82, 2.24) is 0 Å². The Balaban J connectivity index is 2.70. The Morgan fingerprint density at radius 1 is 1.50 bits per heavy atom. The van der Waals surface area contributed by atoms with Crippen molar-refractivity contribution in [2.75, 3.05) is 11.9 Å². The predicted octanol–water partition coefficient (Wildman–Crippen LogP) is 3.03. The fraction of sp³-hybridized carbons (Fsp3) is 0.364. The van der Waals surface area contributed by atoms with Gasteiger partial charge >= 0.3 is 0 Å². The van der Waals surface area contributed by atoms with E-state index in [-0.39, 0.29) is 0 Å².